The summed E-state index contributed by atoms with van der Waals surface area (Å²) < 4.78 is 19.2. The summed E-state index contributed by atoms with van der Waals surface area (Å²) in [5.74, 6) is -0.769. The molecule has 1 aromatic rings. The fourth-order valence-corrected chi connectivity index (χ4v) is 2.13. The van der Waals surface area contributed by atoms with Crippen LogP contribution in [0.15, 0.2) is 18.2 Å². The van der Waals surface area contributed by atoms with Crippen molar-refractivity contribution >= 4 is 23.4 Å². The van der Waals surface area contributed by atoms with Crippen LogP contribution in [0.5, 0.6) is 0 Å². The second-order valence-corrected chi connectivity index (χ2v) is 4.98. The Morgan fingerprint density at radius 2 is 2.33 bits per heavy atom. The van der Waals surface area contributed by atoms with Gasteiger partial charge in [-0.05, 0) is 18.2 Å². The van der Waals surface area contributed by atoms with Gasteiger partial charge in [0.2, 0.25) is 5.91 Å². The molecule has 24 heavy (non-hydrogen) atoms. The van der Waals surface area contributed by atoms with Gasteiger partial charge in [0.15, 0.2) is 6.19 Å². The molecule has 0 spiro atoms. The van der Waals surface area contributed by atoms with Crippen LogP contribution in [0.1, 0.15) is 6.92 Å². The quantitative estimate of drug-likeness (QED) is 0.185. The van der Waals surface area contributed by atoms with Crippen molar-refractivity contribution in [2.24, 2.45) is 0 Å². The first-order valence-electron chi connectivity index (χ1n) is 7.14. The average Bonchev–Trinajstić information content (AvgIpc) is 2.92. The Morgan fingerprint density at radius 1 is 1.54 bits per heavy atom. The molecule has 0 saturated carbocycles. The molecule has 1 saturated heterocycles. The van der Waals surface area contributed by atoms with Crippen LogP contribution in [-0.2, 0) is 9.53 Å². The maximum atomic E-state index is 14.1. The van der Waals surface area contributed by atoms with E-state index in [1.807, 2.05) is 0 Å². The van der Waals surface area contributed by atoms with E-state index in [1.54, 1.807) is 12.3 Å². The number of halogens is 1. The van der Waals surface area contributed by atoms with E-state index in [0.717, 1.165) is 0 Å². The molecule has 128 valence electrons. The predicted molar refractivity (Wildman–Crippen MR) is 83.1 cm³/mol. The Kier molecular flexibility index (Phi) is 5.75. The molecule has 1 aromatic carbocycles. The first-order valence-corrected chi connectivity index (χ1v) is 7.14. The fourth-order valence-electron chi connectivity index (χ4n) is 2.13. The lowest BCUT2D eigenvalue weighted by molar-refractivity contribution is -0.119. The number of ether oxygens (including phenoxy) is 1. The van der Waals surface area contributed by atoms with Crippen LogP contribution in [0.3, 0.4) is 0 Å². The highest BCUT2D eigenvalue weighted by atomic mass is 19.1. The van der Waals surface area contributed by atoms with Gasteiger partial charge < -0.3 is 15.4 Å². The largest absolute Gasteiger partial charge is 0.442 e. The number of anilines is 2. The third kappa shape index (κ3) is 4.47. The van der Waals surface area contributed by atoms with Gasteiger partial charge in [0.25, 0.3) is 0 Å². The number of carbonyl (C=O) groups excluding carboxylic acids is 2. The number of rotatable bonds is 7. The van der Waals surface area contributed by atoms with E-state index in [2.05, 4.69) is 21.5 Å². The number of amides is 2. The van der Waals surface area contributed by atoms with E-state index in [-0.39, 0.29) is 31.4 Å². The minimum atomic E-state index is -0.592. The molecule has 1 atom stereocenters. The first-order chi connectivity index (χ1) is 11.5. The second-order valence-electron chi connectivity index (χ2n) is 4.98. The molecule has 0 unspecified atom stereocenters. The monoisotopic (exact) mass is 336 g/mol. The van der Waals surface area contributed by atoms with E-state index in [1.165, 1.54) is 24.0 Å². The SMILES string of the molecule is CC(=O)NC[C@H]1CN(c2ccc(NCNNC#N)c(F)c2)C(=O)O1. The number of cyclic esters (lactones) is 1. The van der Waals surface area contributed by atoms with Gasteiger partial charge in [-0.3, -0.25) is 15.1 Å². The molecule has 0 aliphatic carbocycles. The number of carbonyl (C=O) groups is 2. The van der Waals surface area contributed by atoms with Gasteiger partial charge in [-0.1, -0.05) is 0 Å². The van der Waals surface area contributed by atoms with E-state index in [4.69, 9.17) is 10.00 Å². The zero-order chi connectivity index (χ0) is 17.5. The van der Waals surface area contributed by atoms with Crippen molar-refractivity contribution in [3.05, 3.63) is 24.0 Å². The summed E-state index contributed by atoms with van der Waals surface area (Å²) in [5.41, 5.74) is 5.28. The lowest BCUT2D eigenvalue weighted by atomic mass is 10.2. The van der Waals surface area contributed by atoms with Crippen molar-refractivity contribution in [1.82, 2.24) is 16.2 Å². The van der Waals surface area contributed by atoms with Gasteiger partial charge in [0.1, 0.15) is 11.9 Å². The van der Waals surface area contributed by atoms with Crippen LogP contribution in [0.4, 0.5) is 20.6 Å². The van der Waals surface area contributed by atoms with Gasteiger partial charge in [-0.25, -0.2) is 14.6 Å². The maximum absolute atomic E-state index is 14.1. The van der Waals surface area contributed by atoms with E-state index in [9.17, 15) is 14.0 Å². The molecule has 9 nitrogen and oxygen atoms in total. The number of benzene rings is 1. The van der Waals surface area contributed by atoms with Crippen molar-refractivity contribution in [3.63, 3.8) is 0 Å². The predicted octanol–water partition coefficient (Wildman–Crippen LogP) is 0.232. The molecule has 10 heteroatoms. The first kappa shape index (κ1) is 17.3. The molecular weight excluding hydrogens is 319 g/mol. The van der Waals surface area contributed by atoms with Crippen LogP contribution >= 0.6 is 0 Å². The van der Waals surface area contributed by atoms with Crippen molar-refractivity contribution in [3.8, 4) is 6.19 Å². The Hall–Kier alpha value is -3.06. The van der Waals surface area contributed by atoms with Crippen LogP contribution in [0, 0.1) is 17.3 Å². The van der Waals surface area contributed by atoms with E-state index < -0.39 is 18.0 Å². The summed E-state index contributed by atoms with van der Waals surface area (Å²) in [6.45, 7) is 1.93. The Balaban J connectivity index is 1.97. The number of hydrazine groups is 1. The van der Waals surface area contributed by atoms with E-state index >= 15 is 0 Å². The molecule has 1 aliphatic heterocycles. The molecule has 4 N–H and O–H groups in total. The molecule has 0 radical (unpaired) electrons. The molecule has 1 fully saturated rings. The Labute approximate surface area is 137 Å². The van der Waals surface area contributed by atoms with Gasteiger partial charge in [-0.15, -0.1) is 0 Å². The lowest BCUT2D eigenvalue weighted by Crippen LogP contribution is -2.33. The zero-order valence-corrected chi connectivity index (χ0v) is 12.9. The van der Waals surface area contributed by atoms with Gasteiger partial charge in [0, 0.05) is 6.92 Å². The Bertz CT molecular complexity index is 662. The molecule has 2 amide bonds. The molecule has 0 bridgehead atoms. The number of nitriles is 1. The standard InChI is InChI=1S/C14H17FN6O3/c1-9(22)17-5-11-6-21(14(23)24-11)10-2-3-13(12(15)4-10)18-8-20-19-7-16/h2-4,11,18-20H,5-6,8H2,1H3,(H,17,22)/t11-/m0/s1. The maximum Gasteiger partial charge on any atom is 0.414 e. The summed E-state index contributed by atoms with van der Waals surface area (Å²) in [6, 6.07) is 4.26. The molecule has 1 aliphatic rings. The fraction of sp³-hybridized carbons (Fsp3) is 0.357. The van der Waals surface area contributed by atoms with Crippen molar-refractivity contribution in [2.45, 2.75) is 13.0 Å². The average molecular weight is 336 g/mol. The minimum Gasteiger partial charge on any atom is -0.442 e. The topological polar surface area (TPSA) is 119 Å². The number of hydrogen-bond donors (Lipinski definition) is 4. The van der Waals surface area contributed by atoms with Crippen LogP contribution < -0.4 is 26.4 Å². The zero-order valence-electron chi connectivity index (χ0n) is 12.9. The summed E-state index contributed by atoms with van der Waals surface area (Å²) in [7, 11) is 0. The summed E-state index contributed by atoms with van der Waals surface area (Å²) in [5, 5.41) is 13.6. The third-order valence-electron chi connectivity index (χ3n) is 3.23. The minimum absolute atomic E-state index is 0.133. The number of hydrogen-bond acceptors (Lipinski definition) is 7. The summed E-state index contributed by atoms with van der Waals surface area (Å²) in [6.07, 6.45) is 0.587. The molecule has 1 heterocycles. The summed E-state index contributed by atoms with van der Waals surface area (Å²) >= 11 is 0. The third-order valence-corrected chi connectivity index (χ3v) is 3.23. The number of nitrogens with zero attached hydrogens (tertiary/aromatic N) is 2. The Morgan fingerprint density at radius 3 is 3.00 bits per heavy atom. The lowest BCUT2D eigenvalue weighted by Gasteiger charge is -2.15. The highest BCUT2D eigenvalue weighted by Gasteiger charge is 2.32. The highest BCUT2D eigenvalue weighted by Crippen LogP contribution is 2.25. The number of nitrogens with one attached hydrogen (secondary N) is 4. The second kappa shape index (κ2) is 7.98. The van der Waals surface area contributed by atoms with Crippen LogP contribution in [-0.4, -0.2) is 37.9 Å². The molecule has 0 aromatic heterocycles. The highest BCUT2D eigenvalue weighted by molar-refractivity contribution is 5.90. The van der Waals surface area contributed by atoms with Crippen molar-refractivity contribution in [1.29, 1.82) is 5.26 Å². The van der Waals surface area contributed by atoms with Gasteiger partial charge in [0.05, 0.1) is 31.1 Å². The van der Waals surface area contributed by atoms with Crippen LogP contribution in [0.2, 0.25) is 0 Å². The molecule has 2 rings (SSSR count). The normalized spacial score (nSPS) is 16.3. The van der Waals surface area contributed by atoms with Crippen molar-refractivity contribution < 1.29 is 18.7 Å². The van der Waals surface area contributed by atoms with Crippen molar-refractivity contribution in [2.75, 3.05) is 30.0 Å². The van der Waals surface area contributed by atoms with Gasteiger partial charge >= 0.3 is 6.09 Å². The van der Waals surface area contributed by atoms with Crippen LogP contribution in [0.25, 0.3) is 0 Å². The van der Waals surface area contributed by atoms with Gasteiger partial charge in [-0.2, -0.15) is 5.26 Å². The molecular formula is C14H17FN6O3. The summed E-state index contributed by atoms with van der Waals surface area (Å²) in [4.78, 5) is 24.1. The smallest absolute Gasteiger partial charge is 0.414 e. The van der Waals surface area contributed by atoms with E-state index in [0.29, 0.717) is 5.69 Å².